The first-order valence-corrected chi connectivity index (χ1v) is 14.2. The number of rotatable bonds is 8. The number of halogens is 5. The number of hydrogen-bond acceptors (Lipinski definition) is 6. The second kappa shape index (κ2) is 11.8. The average Bonchev–Trinajstić information content (AvgIpc) is 3.52. The molecule has 1 fully saturated rings. The van der Waals surface area contributed by atoms with Gasteiger partial charge in [0, 0.05) is 34.2 Å². The van der Waals surface area contributed by atoms with Crippen molar-refractivity contribution in [1.82, 2.24) is 19.5 Å². The molecule has 3 aromatic carbocycles. The molecule has 0 saturated carbocycles. The van der Waals surface area contributed by atoms with Crippen LogP contribution in [0, 0.1) is 28.7 Å². The smallest absolute Gasteiger partial charge is 0.335 e. The molecule has 1 saturated heterocycles. The zero-order valence-corrected chi connectivity index (χ0v) is 24.7. The Morgan fingerprint density at radius 3 is 2.51 bits per heavy atom. The quantitative estimate of drug-likeness (QED) is 0.180. The molecule has 0 amide bonds. The van der Waals surface area contributed by atoms with E-state index in [0.29, 0.717) is 6.61 Å². The first kappa shape index (κ1) is 30.5. The first-order valence-electron chi connectivity index (χ1n) is 13.8. The molecule has 8 nitrogen and oxygen atoms in total. The van der Waals surface area contributed by atoms with Crippen molar-refractivity contribution in [3.05, 3.63) is 106 Å². The van der Waals surface area contributed by atoms with E-state index in [1.54, 1.807) is 4.57 Å². The lowest BCUT2D eigenvalue weighted by atomic mass is 9.87. The number of carboxylic acid groups (broad SMARTS) is 1. The lowest BCUT2D eigenvalue weighted by Gasteiger charge is -2.28. The van der Waals surface area contributed by atoms with E-state index in [9.17, 15) is 14.3 Å². The summed E-state index contributed by atoms with van der Waals surface area (Å²) in [4.78, 5) is 24.2. The number of aromatic nitrogens is 4. The molecule has 3 heterocycles. The van der Waals surface area contributed by atoms with Gasteiger partial charge in [-0.2, -0.15) is 4.98 Å². The number of benzene rings is 3. The lowest BCUT2D eigenvalue weighted by Crippen LogP contribution is -2.27. The molecule has 0 spiro atoms. The van der Waals surface area contributed by atoms with Gasteiger partial charge in [0.05, 0.1) is 36.0 Å². The van der Waals surface area contributed by atoms with Gasteiger partial charge >= 0.3 is 12.0 Å². The van der Waals surface area contributed by atoms with E-state index in [-0.39, 0.29) is 81.5 Å². The summed E-state index contributed by atoms with van der Waals surface area (Å²) < 4.78 is 73.2. The van der Waals surface area contributed by atoms with Gasteiger partial charge in [0.1, 0.15) is 35.4 Å². The molecule has 0 radical (unpaired) electrons. The fourth-order valence-electron chi connectivity index (χ4n) is 5.41. The lowest BCUT2D eigenvalue weighted by molar-refractivity contribution is 0.0696. The second-order valence-corrected chi connectivity index (χ2v) is 11.8. The van der Waals surface area contributed by atoms with E-state index in [4.69, 9.17) is 21.1 Å². The molecule has 6 rings (SSSR count). The van der Waals surface area contributed by atoms with E-state index in [1.165, 1.54) is 30.5 Å². The molecule has 5 aromatic rings. The number of nitrogens with zero attached hydrogens (tertiary/aromatic N) is 4. The van der Waals surface area contributed by atoms with Crippen LogP contribution in [0.3, 0.4) is 0 Å². The van der Waals surface area contributed by atoms with Gasteiger partial charge in [-0.3, -0.25) is 0 Å². The third-order valence-corrected chi connectivity index (χ3v) is 8.03. The Bertz CT molecular complexity index is 1970. The van der Waals surface area contributed by atoms with Crippen molar-refractivity contribution in [3.8, 4) is 17.3 Å². The first-order chi connectivity index (χ1) is 21.4. The molecule has 0 aliphatic carbocycles. The Morgan fingerprint density at radius 2 is 1.80 bits per heavy atom. The number of aromatic carboxylic acids is 1. The summed E-state index contributed by atoms with van der Waals surface area (Å²) in [5, 5.41) is 9.75. The number of carbonyl (C=O) groups is 1. The van der Waals surface area contributed by atoms with Crippen LogP contribution < -0.4 is 4.74 Å². The summed E-state index contributed by atoms with van der Waals surface area (Å²) >= 11 is 5.78. The van der Waals surface area contributed by atoms with Crippen molar-refractivity contribution in [2.75, 3.05) is 13.2 Å². The van der Waals surface area contributed by atoms with E-state index in [2.05, 4.69) is 15.0 Å². The number of carboxylic acids is 1. The summed E-state index contributed by atoms with van der Waals surface area (Å²) in [6, 6.07) is 9.09. The molecule has 2 aromatic heterocycles. The summed E-state index contributed by atoms with van der Waals surface area (Å²) in [6.45, 7) is 4.29. The summed E-state index contributed by atoms with van der Waals surface area (Å²) in [5.41, 5.74) is -0.579. The molecule has 13 heteroatoms. The van der Waals surface area contributed by atoms with Crippen LogP contribution >= 0.6 is 11.6 Å². The van der Waals surface area contributed by atoms with Gasteiger partial charge < -0.3 is 19.1 Å². The highest BCUT2D eigenvalue weighted by atomic mass is 35.5. The number of imidazole rings is 1. The zero-order valence-electron chi connectivity index (χ0n) is 24.0. The summed E-state index contributed by atoms with van der Waals surface area (Å²) in [7, 11) is 0. The Hall–Kier alpha value is -4.55. The van der Waals surface area contributed by atoms with Gasteiger partial charge in [0.25, 0.3) is 0 Å². The maximum Gasteiger partial charge on any atom is 0.335 e. The van der Waals surface area contributed by atoms with Crippen LogP contribution in [0.15, 0.2) is 54.7 Å². The van der Waals surface area contributed by atoms with E-state index in [1.807, 2.05) is 13.8 Å². The van der Waals surface area contributed by atoms with Crippen LogP contribution in [0.25, 0.3) is 22.3 Å². The molecule has 1 aliphatic heterocycles. The van der Waals surface area contributed by atoms with Crippen molar-refractivity contribution in [1.29, 1.82) is 0 Å². The molecule has 1 atom stereocenters. The molecule has 1 unspecified atom stereocenters. The predicted octanol–water partition coefficient (Wildman–Crippen LogP) is 7.17. The van der Waals surface area contributed by atoms with Crippen LogP contribution in [-0.2, 0) is 17.8 Å². The maximum atomic E-state index is 15.6. The van der Waals surface area contributed by atoms with Gasteiger partial charge in [0.15, 0.2) is 5.82 Å². The van der Waals surface area contributed by atoms with Gasteiger partial charge in [-0.25, -0.2) is 32.3 Å². The predicted molar refractivity (Wildman–Crippen MR) is 156 cm³/mol. The minimum Gasteiger partial charge on any atom is -0.478 e. The molecular weight excluding hydrogens is 616 g/mol. The maximum absolute atomic E-state index is 15.6. The van der Waals surface area contributed by atoms with Crippen LogP contribution in [-0.4, -0.2) is 43.8 Å². The van der Waals surface area contributed by atoms with Crippen molar-refractivity contribution in [2.45, 2.75) is 32.9 Å². The van der Waals surface area contributed by atoms with Crippen LogP contribution in [0.5, 0.6) is 6.01 Å². The Labute approximate surface area is 259 Å². The Kier molecular flexibility index (Phi) is 7.96. The topological polar surface area (TPSA) is 99.4 Å². The Morgan fingerprint density at radius 1 is 1.02 bits per heavy atom. The highest BCUT2D eigenvalue weighted by molar-refractivity contribution is 6.30. The zero-order chi connectivity index (χ0) is 32.0. The molecule has 1 N–H and O–H groups in total. The molecule has 232 valence electrons. The minimum absolute atomic E-state index is 0.0277. The average molecular weight is 641 g/mol. The Balaban J connectivity index is 1.33. The number of fused-ring (bicyclic) bond motifs is 1. The fraction of sp³-hybridized carbons (Fsp3) is 0.250. The van der Waals surface area contributed by atoms with Gasteiger partial charge in [0.2, 0.25) is 0 Å². The van der Waals surface area contributed by atoms with Crippen molar-refractivity contribution < 1.29 is 36.9 Å². The van der Waals surface area contributed by atoms with Crippen molar-refractivity contribution in [3.63, 3.8) is 0 Å². The largest absolute Gasteiger partial charge is 0.478 e. The highest BCUT2D eigenvalue weighted by Gasteiger charge is 2.39. The highest BCUT2D eigenvalue weighted by Crippen LogP contribution is 2.41. The standard InChI is InChI=1S/C32H25ClF4N4O4/c1-32(2)15-44-14-27(32)41-26-9-18(30(42)43)8-24(37)29(26)40-28(41)10-17-7-23(36)20(12-22(17)35)25-5-6-38-31(39-25)45-13-16-3-4-19(33)11-21(16)34/h3-9,11-12,27H,10,13-15H2,1-2H3,(H,42,43). The second-order valence-electron chi connectivity index (χ2n) is 11.4. The summed E-state index contributed by atoms with van der Waals surface area (Å²) in [6.07, 6.45) is 1.08. The van der Waals surface area contributed by atoms with E-state index >= 15 is 13.2 Å². The number of ether oxygens (including phenoxy) is 2. The minimum atomic E-state index is -1.31. The van der Waals surface area contributed by atoms with Crippen molar-refractivity contribution in [2.24, 2.45) is 5.41 Å². The SMILES string of the molecule is CC1(C)COCC1n1c(Cc2cc(F)c(-c3ccnc(OCc4ccc(Cl)cc4F)n3)cc2F)nc2c(F)cc(C(=O)O)cc21. The van der Waals surface area contributed by atoms with Crippen LogP contribution in [0.4, 0.5) is 17.6 Å². The van der Waals surface area contributed by atoms with Crippen LogP contribution in [0.1, 0.15) is 47.2 Å². The normalized spacial score (nSPS) is 15.9. The van der Waals surface area contributed by atoms with Gasteiger partial charge in [-0.05, 0) is 48.0 Å². The number of hydrogen-bond donors (Lipinski definition) is 1. The van der Waals surface area contributed by atoms with Crippen molar-refractivity contribution >= 4 is 28.6 Å². The van der Waals surface area contributed by atoms with Gasteiger partial charge in [-0.15, -0.1) is 0 Å². The third kappa shape index (κ3) is 5.95. The molecule has 45 heavy (non-hydrogen) atoms. The van der Waals surface area contributed by atoms with E-state index in [0.717, 1.165) is 24.3 Å². The van der Waals surface area contributed by atoms with E-state index < -0.39 is 34.7 Å². The molecule has 1 aliphatic rings. The molecule has 0 bridgehead atoms. The third-order valence-electron chi connectivity index (χ3n) is 7.80. The monoisotopic (exact) mass is 640 g/mol. The fourth-order valence-corrected chi connectivity index (χ4v) is 5.57. The summed E-state index contributed by atoms with van der Waals surface area (Å²) in [5.74, 6) is -4.09. The van der Waals surface area contributed by atoms with Gasteiger partial charge in [-0.1, -0.05) is 31.5 Å². The van der Waals surface area contributed by atoms with Crippen LogP contribution in [0.2, 0.25) is 5.02 Å². The molecular formula is C32H25ClF4N4O4.